The minimum absolute atomic E-state index is 0.151. The number of rotatable bonds is 13. The fraction of sp³-hybridized carbons (Fsp3) is 0.826. The average Bonchev–Trinajstić information content (AvgIpc) is 3.48. The van der Waals surface area contributed by atoms with Gasteiger partial charge in [-0.2, -0.15) is 12.6 Å². The van der Waals surface area contributed by atoms with Gasteiger partial charge in [0.05, 0.1) is 12.1 Å². The summed E-state index contributed by atoms with van der Waals surface area (Å²) in [7, 11) is 0. The van der Waals surface area contributed by atoms with Crippen molar-refractivity contribution in [2.45, 2.75) is 95.5 Å². The van der Waals surface area contributed by atoms with Crippen LogP contribution in [0.5, 0.6) is 0 Å². The van der Waals surface area contributed by atoms with Gasteiger partial charge < -0.3 is 30.6 Å². The Morgan fingerprint density at radius 2 is 1.68 bits per heavy atom. The van der Waals surface area contributed by atoms with Gasteiger partial charge in [-0.05, 0) is 45.6 Å². The van der Waals surface area contributed by atoms with E-state index >= 15 is 0 Å². The number of thiol groups is 1. The van der Waals surface area contributed by atoms with E-state index in [9.17, 15) is 29.4 Å². The fourth-order valence-electron chi connectivity index (χ4n) is 4.68. The Morgan fingerprint density at radius 1 is 1.03 bits per heavy atom. The second-order valence-corrected chi connectivity index (χ2v) is 9.56. The number of amides is 3. The lowest BCUT2D eigenvalue weighted by Crippen LogP contribution is -2.58. The summed E-state index contributed by atoms with van der Waals surface area (Å²) < 4.78 is 0. The molecule has 34 heavy (non-hydrogen) atoms. The van der Waals surface area contributed by atoms with E-state index < -0.39 is 42.1 Å². The zero-order valence-corrected chi connectivity index (χ0v) is 21.1. The van der Waals surface area contributed by atoms with Crippen molar-refractivity contribution in [2.75, 3.05) is 25.4 Å². The summed E-state index contributed by atoms with van der Waals surface area (Å²) in [5.41, 5.74) is 0. The number of carbonyl (C=O) groups is 4. The number of carboxylic acid groups (broad SMARTS) is 1. The number of aliphatic hydroxyl groups is 1. The van der Waals surface area contributed by atoms with Crippen molar-refractivity contribution in [3.05, 3.63) is 0 Å². The monoisotopic (exact) mass is 500 g/mol. The van der Waals surface area contributed by atoms with Gasteiger partial charge in [0.1, 0.15) is 12.1 Å². The number of likely N-dealkylation sites (tertiary alicyclic amines) is 2. The third-order valence-electron chi connectivity index (χ3n) is 6.61. The predicted octanol–water partition coefficient (Wildman–Crippen LogP) is 0.387. The topological polar surface area (TPSA) is 139 Å². The van der Waals surface area contributed by atoms with E-state index in [0.29, 0.717) is 51.1 Å². The van der Waals surface area contributed by atoms with Crippen LogP contribution in [0.4, 0.5) is 0 Å². The van der Waals surface area contributed by atoms with Crippen LogP contribution in [0.3, 0.4) is 0 Å². The van der Waals surface area contributed by atoms with Gasteiger partial charge >= 0.3 is 5.97 Å². The van der Waals surface area contributed by atoms with Crippen molar-refractivity contribution in [2.24, 2.45) is 0 Å². The van der Waals surface area contributed by atoms with Crippen molar-refractivity contribution in [3.63, 3.8) is 0 Å². The summed E-state index contributed by atoms with van der Waals surface area (Å²) in [6.07, 6.45) is 5.32. The van der Waals surface area contributed by atoms with Gasteiger partial charge in [-0.1, -0.05) is 26.2 Å². The second kappa shape index (κ2) is 13.9. The third-order valence-corrected chi connectivity index (χ3v) is 6.97. The van der Waals surface area contributed by atoms with Crippen LogP contribution in [0, 0.1) is 0 Å². The first-order valence-corrected chi connectivity index (χ1v) is 13.0. The number of nitrogens with one attached hydrogen (secondary N) is 2. The number of aliphatic carboxylic acids is 1. The molecule has 0 aliphatic carbocycles. The molecule has 5 atom stereocenters. The minimum Gasteiger partial charge on any atom is -0.480 e. The molecule has 2 saturated heterocycles. The molecule has 3 amide bonds. The number of unbranched alkanes of at least 4 members (excludes halogenated alkanes) is 3. The lowest BCUT2D eigenvalue weighted by molar-refractivity contribution is -0.149. The van der Waals surface area contributed by atoms with Gasteiger partial charge in [0.2, 0.25) is 17.7 Å². The number of carbonyl (C=O) groups excluding carboxylic acids is 3. The Morgan fingerprint density at radius 3 is 2.26 bits per heavy atom. The summed E-state index contributed by atoms with van der Waals surface area (Å²) in [6, 6.07) is -3.38. The fourth-order valence-corrected chi connectivity index (χ4v) is 4.96. The van der Waals surface area contributed by atoms with Gasteiger partial charge in [-0.15, -0.1) is 0 Å². The first-order valence-electron chi connectivity index (χ1n) is 12.4. The lowest BCUT2D eigenvalue weighted by atomic mass is 10.1. The smallest absolute Gasteiger partial charge is 0.328 e. The number of aliphatic hydroxyl groups excluding tert-OH is 1. The lowest BCUT2D eigenvalue weighted by Gasteiger charge is -2.33. The SMILES string of the molecule is CCCCCCN[C@@H](CS)C(=O)N1CCC[C@H]1C(=O)N1CCC[C@H]1C(=O)N[C@H](C(=O)O)[C@@H](C)O. The maximum Gasteiger partial charge on any atom is 0.328 e. The Bertz CT molecular complexity index is 722. The van der Waals surface area contributed by atoms with Crippen molar-refractivity contribution >= 4 is 36.3 Å². The molecule has 0 spiro atoms. The molecule has 10 nitrogen and oxygen atoms in total. The maximum atomic E-state index is 13.4. The Labute approximate surface area is 207 Å². The van der Waals surface area contributed by atoms with Crippen LogP contribution in [0.1, 0.15) is 65.2 Å². The van der Waals surface area contributed by atoms with E-state index in [4.69, 9.17) is 0 Å². The molecule has 0 saturated carbocycles. The summed E-state index contributed by atoms with van der Waals surface area (Å²) >= 11 is 4.34. The molecular formula is C23H40N4O6S. The molecule has 0 aromatic carbocycles. The normalized spacial score (nSPS) is 22.9. The van der Waals surface area contributed by atoms with Gasteiger partial charge in [0, 0.05) is 18.8 Å². The molecule has 0 bridgehead atoms. The zero-order valence-electron chi connectivity index (χ0n) is 20.2. The first-order chi connectivity index (χ1) is 16.2. The predicted molar refractivity (Wildman–Crippen MR) is 131 cm³/mol. The quantitative estimate of drug-likeness (QED) is 0.182. The van der Waals surface area contributed by atoms with Crippen LogP contribution in [0.2, 0.25) is 0 Å². The van der Waals surface area contributed by atoms with Crippen molar-refractivity contribution in [1.82, 2.24) is 20.4 Å². The molecule has 0 radical (unpaired) electrons. The number of nitrogens with zero attached hydrogens (tertiary/aromatic N) is 2. The Balaban J connectivity index is 2.03. The van der Waals surface area contributed by atoms with Crippen LogP contribution in [-0.4, -0.2) is 99.4 Å². The van der Waals surface area contributed by atoms with Gasteiger partial charge in [0.25, 0.3) is 0 Å². The Hall–Kier alpha value is -1.85. The highest BCUT2D eigenvalue weighted by Crippen LogP contribution is 2.26. The molecule has 194 valence electrons. The van der Waals surface area contributed by atoms with E-state index in [1.807, 2.05) is 0 Å². The average molecular weight is 501 g/mol. The molecule has 11 heteroatoms. The van der Waals surface area contributed by atoms with E-state index in [1.54, 1.807) is 4.90 Å². The van der Waals surface area contributed by atoms with Crippen LogP contribution in [0.25, 0.3) is 0 Å². The standard InChI is InChI=1S/C23H40N4O6S/c1-3-4-5-6-11-24-16(14-34)21(30)27-13-8-10-18(27)22(31)26-12-7-9-17(26)20(29)25-19(15(2)28)23(32)33/h15-19,24,28,34H,3-14H2,1-2H3,(H,25,29)(H,32,33)/t15-,16+,17+,18+,19+/m1/s1. The maximum absolute atomic E-state index is 13.4. The minimum atomic E-state index is -1.45. The van der Waals surface area contributed by atoms with E-state index in [1.165, 1.54) is 11.8 Å². The van der Waals surface area contributed by atoms with E-state index in [2.05, 4.69) is 30.2 Å². The molecular weight excluding hydrogens is 460 g/mol. The summed E-state index contributed by atoms with van der Waals surface area (Å²) in [4.78, 5) is 53.8. The number of hydrogen-bond acceptors (Lipinski definition) is 7. The highest BCUT2D eigenvalue weighted by Gasteiger charge is 2.43. The van der Waals surface area contributed by atoms with Crippen LogP contribution < -0.4 is 10.6 Å². The summed E-state index contributed by atoms with van der Waals surface area (Å²) in [6.45, 7) is 4.99. The highest BCUT2D eigenvalue weighted by atomic mass is 32.1. The van der Waals surface area contributed by atoms with Gasteiger partial charge in [-0.25, -0.2) is 4.79 Å². The molecule has 0 aromatic rings. The zero-order chi connectivity index (χ0) is 25.3. The molecule has 2 rings (SSSR count). The summed E-state index contributed by atoms with van der Waals surface area (Å²) in [5, 5.41) is 24.5. The van der Waals surface area contributed by atoms with E-state index in [-0.39, 0.29) is 11.8 Å². The molecule has 4 N–H and O–H groups in total. The van der Waals surface area contributed by atoms with E-state index in [0.717, 1.165) is 25.7 Å². The number of hydrogen-bond donors (Lipinski definition) is 5. The van der Waals surface area contributed by atoms with Crippen molar-refractivity contribution in [1.29, 1.82) is 0 Å². The highest BCUT2D eigenvalue weighted by molar-refractivity contribution is 7.80. The van der Waals surface area contributed by atoms with Crippen molar-refractivity contribution < 1.29 is 29.4 Å². The molecule has 2 aliphatic rings. The third kappa shape index (κ3) is 7.32. The van der Waals surface area contributed by atoms with Crippen molar-refractivity contribution in [3.8, 4) is 0 Å². The van der Waals surface area contributed by atoms with Crippen LogP contribution in [0.15, 0.2) is 0 Å². The molecule has 2 fully saturated rings. The molecule has 0 unspecified atom stereocenters. The molecule has 0 aromatic heterocycles. The molecule has 2 heterocycles. The van der Waals surface area contributed by atoms with Gasteiger partial charge in [-0.3, -0.25) is 14.4 Å². The summed E-state index contributed by atoms with van der Waals surface area (Å²) in [5.74, 6) is -2.05. The van der Waals surface area contributed by atoms with Crippen LogP contribution in [-0.2, 0) is 19.2 Å². The number of carboxylic acids is 1. The Kier molecular flexibility index (Phi) is 11.6. The largest absolute Gasteiger partial charge is 0.480 e. The van der Waals surface area contributed by atoms with Crippen LogP contribution >= 0.6 is 12.6 Å². The first kappa shape index (κ1) is 28.4. The second-order valence-electron chi connectivity index (χ2n) is 9.19. The molecule has 2 aliphatic heterocycles. The van der Waals surface area contributed by atoms with Gasteiger partial charge in [0.15, 0.2) is 6.04 Å².